The molecule has 6 aromatic carbocycles. The first kappa shape index (κ1) is 32.0. The third-order valence-electron chi connectivity index (χ3n) is 12.9. The van der Waals surface area contributed by atoms with Gasteiger partial charge in [-0.05, 0) is 98.4 Å². The summed E-state index contributed by atoms with van der Waals surface area (Å²) in [6, 6.07) is 41.5. The van der Waals surface area contributed by atoms with Crippen LogP contribution < -0.4 is 21.3 Å². The van der Waals surface area contributed by atoms with Gasteiger partial charge in [0.25, 0.3) is 6.71 Å². The highest BCUT2D eigenvalue weighted by atomic mass is 16.3. The van der Waals surface area contributed by atoms with Crippen molar-refractivity contribution in [1.82, 2.24) is 4.57 Å². The normalized spacial score (nSPS) is 15.2. The van der Waals surface area contributed by atoms with Gasteiger partial charge in [0, 0.05) is 49.7 Å². The lowest BCUT2D eigenvalue weighted by Crippen LogP contribution is -2.60. The van der Waals surface area contributed by atoms with Crippen LogP contribution in [0.2, 0.25) is 0 Å². The molecule has 2 aliphatic heterocycles. The number of para-hydroxylation sites is 2. The van der Waals surface area contributed by atoms with Crippen LogP contribution in [0.5, 0.6) is 0 Å². The first-order valence-corrected chi connectivity index (χ1v) is 19.6. The molecule has 11 rings (SSSR count). The summed E-state index contributed by atoms with van der Waals surface area (Å²) in [5.74, 6) is 0. The van der Waals surface area contributed by atoms with Crippen LogP contribution in [0.3, 0.4) is 0 Å². The highest BCUT2D eigenvalue weighted by molar-refractivity contribution is 7.00. The van der Waals surface area contributed by atoms with Gasteiger partial charge in [0.05, 0.1) is 11.4 Å². The van der Waals surface area contributed by atoms with Gasteiger partial charge < -0.3 is 13.9 Å². The SMILES string of the molecule is Cc1cc2c3c(c1)-n1c4c(c5cc(C(C)(C)C)cc(c51)B3c1ccc(C(C)(C)C)cc1N2c1cccc2c1oc1ccccc12)C(C)(C)c1ccccc1-4. The molecule has 0 fully saturated rings. The Morgan fingerprint density at radius 1 is 0.611 bits per heavy atom. The van der Waals surface area contributed by atoms with E-state index in [9.17, 15) is 0 Å². The van der Waals surface area contributed by atoms with E-state index in [1.54, 1.807) is 0 Å². The largest absolute Gasteiger partial charge is 0.454 e. The second kappa shape index (κ2) is 10.2. The van der Waals surface area contributed by atoms with Crippen LogP contribution in [-0.2, 0) is 16.2 Å². The Morgan fingerprint density at radius 2 is 1.33 bits per heavy atom. The highest BCUT2D eigenvalue weighted by Gasteiger charge is 2.48. The standard InChI is InChI=1S/C50H45BN2O/c1-28-23-40-44-41(24-28)53-45-34(43-46(53)33-16-10-12-18-35(33)50(43,8)9)25-30(49(5,6)7)26-37(45)51(44)36-22-21-29(48(2,3)4)27-39(36)52(40)38-19-14-17-32-31-15-11-13-20-42(31)54-47(32)38/h10-27H,1-9H3. The van der Waals surface area contributed by atoms with Gasteiger partial charge in [0.15, 0.2) is 5.58 Å². The van der Waals surface area contributed by atoms with Crippen molar-refractivity contribution in [3.63, 3.8) is 0 Å². The van der Waals surface area contributed by atoms with E-state index in [-0.39, 0.29) is 23.0 Å². The van der Waals surface area contributed by atoms with E-state index in [1.165, 1.54) is 83.4 Å². The number of benzene rings is 6. The van der Waals surface area contributed by atoms with Gasteiger partial charge in [-0.25, -0.2) is 0 Å². The van der Waals surface area contributed by atoms with Crippen molar-refractivity contribution in [3.05, 3.63) is 137 Å². The topological polar surface area (TPSA) is 21.3 Å². The first-order valence-electron chi connectivity index (χ1n) is 19.6. The minimum absolute atomic E-state index is 0.0232. The van der Waals surface area contributed by atoms with Gasteiger partial charge in [-0.15, -0.1) is 0 Å². The minimum atomic E-state index is -0.140. The molecule has 0 unspecified atom stereocenters. The van der Waals surface area contributed by atoms with E-state index in [4.69, 9.17) is 4.42 Å². The molecule has 0 radical (unpaired) electrons. The molecular formula is C50H45BN2O. The second-order valence-corrected chi connectivity index (χ2v) is 18.7. The molecule has 0 saturated carbocycles. The molecule has 1 aliphatic carbocycles. The Balaban J connectivity index is 1.33. The molecule has 0 bridgehead atoms. The van der Waals surface area contributed by atoms with Crippen molar-refractivity contribution in [3.8, 4) is 16.9 Å². The monoisotopic (exact) mass is 700 g/mol. The first-order chi connectivity index (χ1) is 25.7. The predicted octanol–water partition coefficient (Wildman–Crippen LogP) is 11.4. The fourth-order valence-corrected chi connectivity index (χ4v) is 10.2. The number of nitrogens with zero attached hydrogens (tertiary/aromatic N) is 2. The van der Waals surface area contributed by atoms with E-state index in [1.807, 2.05) is 0 Å². The zero-order valence-corrected chi connectivity index (χ0v) is 32.8. The maximum atomic E-state index is 6.81. The third-order valence-corrected chi connectivity index (χ3v) is 12.9. The summed E-state index contributed by atoms with van der Waals surface area (Å²) in [6.07, 6.45) is 0. The van der Waals surface area contributed by atoms with E-state index in [2.05, 4.69) is 181 Å². The molecule has 3 aliphatic rings. The molecule has 4 heterocycles. The number of furan rings is 1. The quantitative estimate of drug-likeness (QED) is 0.159. The van der Waals surface area contributed by atoms with E-state index < -0.39 is 0 Å². The number of hydrogen-bond acceptors (Lipinski definition) is 2. The molecule has 2 aromatic heterocycles. The van der Waals surface area contributed by atoms with Crippen LogP contribution in [0, 0.1) is 6.92 Å². The summed E-state index contributed by atoms with van der Waals surface area (Å²) < 4.78 is 9.47. The second-order valence-electron chi connectivity index (χ2n) is 18.7. The van der Waals surface area contributed by atoms with Crippen LogP contribution in [0.4, 0.5) is 17.1 Å². The fourth-order valence-electron chi connectivity index (χ4n) is 10.2. The minimum Gasteiger partial charge on any atom is -0.454 e. The van der Waals surface area contributed by atoms with Crippen molar-refractivity contribution in [2.75, 3.05) is 4.90 Å². The smallest absolute Gasteiger partial charge is 0.252 e. The van der Waals surface area contributed by atoms with E-state index in [0.29, 0.717) is 0 Å². The molecule has 264 valence electrons. The highest BCUT2D eigenvalue weighted by Crippen LogP contribution is 2.55. The van der Waals surface area contributed by atoms with Gasteiger partial charge in [0.2, 0.25) is 0 Å². The van der Waals surface area contributed by atoms with E-state index in [0.717, 1.165) is 27.6 Å². The summed E-state index contributed by atoms with van der Waals surface area (Å²) in [5, 5.41) is 3.68. The average molecular weight is 701 g/mol. The molecular weight excluding hydrogens is 655 g/mol. The van der Waals surface area contributed by atoms with Gasteiger partial charge in [-0.3, -0.25) is 0 Å². The molecule has 0 N–H and O–H groups in total. The number of hydrogen-bond donors (Lipinski definition) is 0. The van der Waals surface area contributed by atoms with Crippen LogP contribution in [0.25, 0.3) is 49.8 Å². The summed E-state index contributed by atoms with van der Waals surface area (Å²) in [4.78, 5) is 2.54. The van der Waals surface area contributed by atoms with Gasteiger partial charge >= 0.3 is 0 Å². The van der Waals surface area contributed by atoms with Gasteiger partial charge in [-0.2, -0.15) is 0 Å². The molecule has 0 saturated heterocycles. The van der Waals surface area contributed by atoms with Gasteiger partial charge in [-0.1, -0.05) is 128 Å². The van der Waals surface area contributed by atoms with Crippen LogP contribution in [0.15, 0.2) is 114 Å². The molecule has 0 atom stereocenters. The zero-order chi connectivity index (χ0) is 37.2. The molecule has 54 heavy (non-hydrogen) atoms. The Hall–Kier alpha value is -5.48. The van der Waals surface area contributed by atoms with Crippen LogP contribution in [-0.4, -0.2) is 11.3 Å². The maximum Gasteiger partial charge on any atom is 0.252 e. The number of anilines is 3. The number of rotatable bonds is 1. The third kappa shape index (κ3) is 3.99. The number of fused-ring (bicyclic) bond motifs is 12. The molecule has 0 amide bonds. The van der Waals surface area contributed by atoms with Crippen LogP contribution in [0.1, 0.15) is 83.2 Å². The lowest BCUT2D eigenvalue weighted by atomic mass is 9.33. The summed E-state index contributed by atoms with van der Waals surface area (Å²) >= 11 is 0. The van der Waals surface area contributed by atoms with E-state index >= 15 is 0 Å². The summed E-state index contributed by atoms with van der Waals surface area (Å²) in [5.41, 5.74) is 21.5. The lowest BCUT2D eigenvalue weighted by molar-refractivity contribution is 0.590. The average Bonchev–Trinajstić information content (AvgIpc) is 3.76. The summed E-state index contributed by atoms with van der Waals surface area (Å²) in [6.45, 7) is 21.3. The Bertz CT molecular complexity index is 2960. The zero-order valence-electron chi connectivity index (χ0n) is 32.8. The number of aromatic nitrogens is 1. The summed E-state index contributed by atoms with van der Waals surface area (Å²) in [7, 11) is 0. The van der Waals surface area contributed by atoms with Crippen molar-refractivity contribution in [1.29, 1.82) is 0 Å². The fraction of sp³-hybridized carbons (Fsp3) is 0.240. The molecule has 4 heteroatoms. The Labute approximate surface area is 318 Å². The molecule has 8 aromatic rings. The Kier molecular flexibility index (Phi) is 6.03. The molecule has 0 spiro atoms. The van der Waals surface area contributed by atoms with Gasteiger partial charge in [0.1, 0.15) is 5.58 Å². The van der Waals surface area contributed by atoms with Crippen LogP contribution >= 0.6 is 0 Å². The van der Waals surface area contributed by atoms with Crippen molar-refractivity contribution in [2.24, 2.45) is 0 Å². The predicted molar refractivity (Wildman–Crippen MR) is 230 cm³/mol. The van der Waals surface area contributed by atoms with Crippen molar-refractivity contribution >= 4 is 73.0 Å². The van der Waals surface area contributed by atoms with Crippen molar-refractivity contribution < 1.29 is 4.42 Å². The number of aryl methyl sites for hydroxylation is 1. The van der Waals surface area contributed by atoms with Crippen molar-refractivity contribution in [2.45, 2.75) is 78.6 Å². The molecule has 3 nitrogen and oxygen atoms in total. The maximum absolute atomic E-state index is 6.81. The lowest BCUT2D eigenvalue weighted by Gasteiger charge is -2.41. The Morgan fingerprint density at radius 3 is 2.13 bits per heavy atom.